The molecule has 0 atom stereocenters. The smallest absolute Gasteiger partial charge is 0.194 e. The molecule has 0 saturated heterocycles. The maximum atomic E-state index is 13.0. The van der Waals surface area contributed by atoms with Crippen LogP contribution in [0.15, 0.2) is 12.1 Å². The van der Waals surface area contributed by atoms with Crippen LogP contribution < -0.4 is 4.74 Å². The van der Waals surface area contributed by atoms with E-state index in [2.05, 4.69) is 0 Å². The average molecular weight is 276 g/mol. The standard InChI is InChI=1S/C17H24O3/c1-12-11-15(19-3)13(2)10-14(12)16(18)17(20-4)8-6-5-7-9-17/h10-11H,5-9H2,1-4H3. The van der Waals surface area contributed by atoms with Gasteiger partial charge in [-0.2, -0.15) is 0 Å². The van der Waals surface area contributed by atoms with Gasteiger partial charge in [-0.15, -0.1) is 0 Å². The highest BCUT2D eigenvalue weighted by Crippen LogP contribution is 2.36. The third-order valence-corrected chi connectivity index (χ3v) is 4.45. The van der Waals surface area contributed by atoms with Gasteiger partial charge in [0.2, 0.25) is 0 Å². The molecule has 3 heteroatoms. The van der Waals surface area contributed by atoms with Crippen molar-refractivity contribution in [1.29, 1.82) is 0 Å². The summed E-state index contributed by atoms with van der Waals surface area (Å²) in [5.74, 6) is 0.956. The highest BCUT2D eigenvalue weighted by Gasteiger charge is 2.40. The van der Waals surface area contributed by atoms with Crippen LogP contribution in [0.25, 0.3) is 0 Å². The highest BCUT2D eigenvalue weighted by atomic mass is 16.5. The zero-order chi connectivity index (χ0) is 14.8. The lowest BCUT2D eigenvalue weighted by Gasteiger charge is -2.35. The maximum Gasteiger partial charge on any atom is 0.194 e. The third kappa shape index (κ3) is 2.59. The van der Waals surface area contributed by atoms with Crippen molar-refractivity contribution in [2.24, 2.45) is 0 Å². The fourth-order valence-electron chi connectivity index (χ4n) is 3.15. The van der Waals surface area contributed by atoms with E-state index < -0.39 is 5.60 Å². The fraction of sp³-hybridized carbons (Fsp3) is 0.588. The number of hydrogen-bond acceptors (Lipinski definition) is 3. The van der Waals surface area contributed by atoms with Crippen LogP contribution in [-0.4, -0.2) is 25.6 Å². The fourth-order valence-corrected chi connectivity index (χ4v) is 3.15. The number of rotatable bonds is 4. The van der Waals surface area contributed by atoms with Crippen molar-refractivity contribution in [2.45, 2.75) is 51.6 Å². The van der Waals surface area contributed by atoms with Crippen LogP contribution in [0.1, 0.15) is 53.6 Å². The van der Waals surface area contributed by atoms with Crippen LogP contribution >= 0.6 is 0 Å². The minimum absolute atomic E-state index is 0.128. The van der Waals surface area contributed by atoms with Crippen molar-refractivity contribution in [3.05, 3.63) is 28.8 Å². The lowest BCUT2D eigenvalue weighted by Crippen LogP contribution is -2.42. The molecule has 0 bridgehead atoms. The zero-order valence-corrected chi connectivity index (χ0v) is 12.9. The summed E-state index contributed by atoms with van der Waals surface area (Å²) < 4.78 is 11.0. The van der Waals surface area contributed by atoms with Gasteiger partial charge < -0.3 is 9.47 Å². The second-order valence-corrected chi connectivity index (χ2v) is 5.72. The molecular formula is C17H24O3. The first kappa shape index (κ1) is 15.0. The predicted molar refractivity (Wildman–Crippen MR) is 79.6 cm³/mol. The summed E-state index contributed by atoms with van der Waals surface area (Å²) in [6.45, 7) is 3.93. The average Bonchev–Trinajstić information content (AvgIpc) is 2.49. The summed E-state index contributed by atoms with van der Waals surface area (Å²) >= 11 is 0. The number of hydrogen-bond donors (Lipinski definition) is 0. The quantitative estimate of drug-likeness (QED) is 0.784. The molecule has 1 aliphatic rings. The molecule has 0 aliphatic heterocycles. The number of methoxy groups -OCH3 is 2. The van der Waals surface area contributed by atoms with E-state index in [1.807, 2.05) is 26.0 Å². The van der Waals surface area contributed by atoms with Gasteiger partial charge >= 0.3 is 0 Å². The minimum atomic E-state index is -0.621. The van der Waals surface area contributed by atoms with E-state index >= 15 is 0 Å². The van der Waals surface area contributed by atoms with E-state index in [-0.39, 0.29) is 5.78 Å². The van der Waals surface area contributed by atoms with Gasteiger partial charge in [-0.3, -0.25) is 4.79 Å². The van der Waals surface area contributed by atoms with Gasteiger partial charge in [0.15, 0.2) is 5.78 Å². The largest absolute Gasteiger partial charge is 0.496 e. The third-order valence-electron chi connectivity index (χ3n) is 4.45. The SMILES string of the molecule is COc1cc(C)c(C(=O)C2(OC)CCCCC2)cc1C. The van der Waals surface area contributed by atoms with E-state index in [1.165, 1.54) is 6.42 Å². The van der Waals surface area contributed by atoms with Gasteiger partial charge in [-0.05, 0) is 49.9 Å². The van der Waals surface area contributed by atoms with E-state index in [9.17, 15) is 4.79 Å². The molecule has 0 unspecified atom stereocenters. The second kappa shape index (κ2) is 5.96. The van der Waals surface area contributed by atoms with Gasteiger partial charge in [-0.1, -0.05) is 19.3 Å². The van der Waals surface area contributed by atoms with Crippen molar-refractivity contribution in [1.82, 2.24) is 0 Å². The number of Topliss-reactive ketones (excluding diaryl/α,β-unsaturated/α-hetero) is 1. The Morgan fingerprint density at radius 2 is 1.70 bits per heavy atom. The number of carbonyl (C=O) groups is 1. The molecule has 3 nitrogen and oxygen atoms in total. The Bertz CT molecular complexity index is 499. The molecule has 1 fully saturated rings. The van der Waals surface area contributed by atoms with Crippen LogP contribution in [0.3, 0.4) is 0 Å². The molecule has 0 aromatic heterocycles. The van der Waals surface area contributed by atoms with E-state index in [0.29, 0.717) is 0 Å². The molecule has 1 saturated carbocycles. The first-order valence-electron chi connectivity index (χ1n) is 7.29. The van der Waals surface area contributed by atoms with Gasteiger partial charge in [0.05, 0.1) is 7.11 Å². The summed E-state index contributed by atoms with van der Waals surface area (Å²) in [7, 11) is 3.32. The Labute approximate surface area is 121 Å². The normalized spacial score (nSPS) is 17.8. The number of carbonyl (C=O) groups excluding carboxylic acids is 1. The van der Waals surface area contributed by atoms with Crippen LogP contribution in [0.4, 0.5) is 0 Å². The molecule has 110 valence electrons. The Morgan fingerprint density at radius 3 is 2.25 bits per heavy atom. The first-order chi connectivity index (χ1) is 9.54. The van der Waals surface area contributed by atoms with Gasteiger partial charge in [0, 0.05) is 12.7 Å². The Balaban J connectivity index is 2.39. The summed E-state index contributed by atoms with van der Waals surface area (Å²) in [5.41, 5.74) is 2.10. The Kier molecular flexibility index (Phi) is 4.48. The molecule has 0 radical (unpaired) electrons. The van der Waals surface area contributed by atoms with Crippen molar-refractivity contribution >= 4 is 5.78 Å². The summed E-state index contributed by atoms with van der Waals surface area (Å²) in [5, 5.41) is 0. The molecule has 0 N–H and O–H groups in total. The number of ether oxygens (including phenoxy) is 2. The number of aryl methyl sites for hydroxylation is 2. The van der Waals surface area contributed by atoms with Gasteiger partial charge in [0.1, 0.15) is 11.4 Å². The second-order valence-electron chi connectivity index (χ2n) is 5.72. The van der Waals surface area contributed by atoms with Crippen molar-refractivity contribution in [2.75, 3.05) is 14.2 Å². The molecule has 1 aromatic carbocycles. The predicted octanol–water partition coefficient (Wildman–Crippen LogP) is 3.84. The summed E-state index contributed by atoms with van der Waals surface area (Å²) in [6.07, 6.45) is 4.97. The van der Waals surface area contributed by atoms with Crippen LogP contribution in [0.5, 0.6) is 5.75 Å². The summed E-state index contributed by atoms with van der Waals surface area (Å²) in [4.78, 5) is 13.0. The van der Waals surface area contributed by atoms with Crippen molar-refractivity contribution < 1.29 is 14.3 Å². The monoisotopic (exact) mass is 276 g/mol. The molecule has 2 rings (SSSR count). The highest BCUT2D eigenvalue weighted by molar-refractivity contribution is 6.04. The van der Waals surface area contributed by atoms with Crippen molar-refractivity contribution in [3.8, 4) is 5.75 Å². The van der Waals surface area contributed by atoms with E-state index in [1.54, 1.807) is 14.2 Å². The van der Waals surface area contributed by atoms with Crippen LogP contribution in [-0.2, 0) is 4.74 Å². The van der Waals surface area contributed by atoms with Gasteiger partial charge in [0.25, 0.3) is 0 Å². The first-order valence-corrected chi connectivity index (χ1v) is 7.29. The molecule has 0 heterocycles. The van der Waals surface area contributed by atoms with Gasteiger partial charge in [-0.25, -0.2) is 0 Å². The number of ketones is 1. The Hall–Kier alpha value is -1.35. The minimum Gasteiger partial charge on any atom is -0.496 e. The van der Waals surface area contributed by atoms with E-state index in [4.69, 9.17) is 9.47 Å². The lowest BCUT2D eigenvalue weighted by atomic mass is 9.78. The van der Waals surface area contributed by atoms with Crippen LogP contribution in [0, 0.1) is 13.8 Å². The topological polar surface area (TPSA) is 35.5 Å². The maximum absolute atomic E-state index is 13.0. The van der Waals surface area contributed by atoms with E-state index in [0.717, 1.165) is 48.1 Å². The molecule has 20 heavy (non-hydrogen) atoms. The molecular weight excluding hydrogens is 252 g/mol. The molecule has 0 spiro atoms. The Morgan fingerprint density at radius 1 is 1.05 bits per heavy atom. The van der Waals surface area contributed by atoms with Crippen molar-refractivity contribution in [3.63, 3.8) is 0 Å². The number of benzene rings is 1. The zero-order valence-electron chi connectivity index (χ0n) is 12.9. The molecule has 1 aromatic rings. The van der Waals surface area contributed by atoms with Crippen LogP contribution in [0.2, 0.25) is 0 Å². The molecule has 0 amide bonds. The summed E-state index contributed by atoms with van der Waals surface area (Å²) in [6, 6.07) is 3.88. The lowest BCUT2D eigenvalue weighted by molar-refractivity contribution is -0.0194. The molecule has 1 aliphatic carbocycles.